The molecule has 0 aromatic heterocycles. The summed E-state index contributed by atoms with van der Waals surface area (Å²) < 4.78 is 31.1. The average molecular weight is 536 g/mol. The van der Waals surface area contributed by atoms with Gasteiger partial charge in [0.2, 0.25) is 0 Å². The molecule has 0 spiro atoms. The molecule has 9 heteroatoms. The molecule has 39 heavy (non-hydrogen) atoms. The number of morpholine rings is 1. The molecule has 1 N–H and O–H groups in total. The van der Waals surface area contributed by atoms with Crippen molar-refractivity contribution in [1.29, 1.82) is 5.26 Å². The van der Waals surface area contributed by atoms with Gasteiger partial charge in [-0.2, -0.15) is 5.26 Å². The Morgan fingerprint density at radius 1 is 1.08 bits per heavy atom. The first-order chi connectivity index (χ1) is 18.7. The first kappa shape index (κ1) is 27.7. The predicted octanol–water partition coefficient (Wildman–Crippen LogP) is 3.38. The second-order valence-electron chi connectivity index (χ2n) is 11.0. The van der Waals surface area contributed by atoms with Gasteiger partial charge < -0.3 is 23.7 Å². The molecule has 1 amide bonds. The van der Waals surface area contributed by atoms with Crippen molar-refractivity contribution < 1.29 is 28.5 Å². The summed E-state index contributed by atoms with van der Waals surface area (Å²) in [7, 11) is 0. The molecule has 2 aromatic rings. The molecule has 2 aromatic carbocycles. The number of ether oxygens (including phenoxy) is 5. The van der Waals surface area contributed by atoms with Crippen LogP contribution in [0.15, 0.2) is 48.5 Å². The SMILES string of the molecule is Cc1cccc(CO[C@]2(C(=O)NN3CCOCC3)C[C@H](OCc3ccc(C#N)cc3)[C@@H]3OC(C)(C)O[C@@H]3C2)c1. The van der Waals surface area contributed by atoms with Crippen molar-refractivity contribution in [3.63, 3.8) is 0 Å². The van der Waals surface area contributed by atoms with E-state index >= 15 is 0 Å². The number of nitrogens with one attached hydrogen (secondary N) is 1. The summed E-state index contributed by atoms with van der Waals surface area (Å²) in [6, 6.07) is 17.5. The molecule has 208 valence electrons. The fourth-order valence-corrected chi connectivity index (χ4v) is 5.53. The van der Waals surface area contributed by atoms with Gasteiger partial charge in [-0.25, -0.2) is 5.01 Å². The molecule has 0 bridgehead atoms. The summed E-state index contributed by atoms with van der Waals surface area (Å²) >= 11 is 0. The number of amides is 1. The van der Waals surface area contributed by atoms with Gasteiger partial charge in [0.25, 0.3) is 5.91 Å². The minimum absolute atomic E-state index is 0.212. The second-order valence-corrected chi connectivity index (χ2v) is 11.0. The number of carbonyl (C=O) groups excluding carboxylic acids is 1. The molecule has 3 fully saturated rings. The minimum atomic E-state index is -1.19. The van der Waals surface area contributed by atoms with Gasteiger partial charge in [-0.05, 0) is 44.0 Å². The lowest BCUT2D eigenvalue weighted by molar-refractivity contribution is -0.187. The summed E-state index contributed by atoms with van der Waals surface area (Å²) in [5.74, 6) is -1.02. The van der Waals surface area contributed by atoms with E-state index in [1.807, 2.05) is 56.1 Å². The molecule has 2 aliphatic heterocycles. The van der Waals surface area contributed by atoms with Gasteiger partial charge in [0.1, 0.15) is 6.10 Å². The maximum absolute atomic E-state index is 14.0. The van der Waals surface area contributed by atoms with Gasteiger partial charge in [-0.1, -0.05) is 42.0 Å². The molecular weight excluding hydrogens is 498 g/mol. The van der Waals surface area contributed by atoms with Gasteiger partial charge in [0.15, 0.2) is 11.4 Å². The minimum Gasteiger partial charge on any atom is -0.379 e. The lowest BCUT2D eigenvalue weighted by Crippen LogP contribution is -2.63. The summed E-state index contributed by atoms with van der Waals surface area (Å²) in [6.45, 7) is 8.72. The van der Waals surface area contributed by atoms with Crippen LogP contribution in [0.3, 0.4) is 0 Å². The highest BCUT2D eigenvalue weighted by molar-refractivity contribution is 5.85. The van der Waals surface area contributed by atoms with Crippen molar-refractivity contribution in [3.8, 4) is 6.07 Å². The number of hydrogen-bond acceptors (Lipinski definition) is 8. The number of nitriles is 1. The Kier molecular flexibility index (Phi) is 8.33. The van der Waals surface area contributed by atoms with E-state index in [4.69, 9.17) is 28.9 Å². The Labute approximate surface area is 229 Å². The molecule has 1 aliphatic carbocycles. The number of aryl methyl sites for hydroxylation is 1. The van der Waals surface area contributed by atoms with Crippen molar-refractivity contribution in [2.45, 2.75) is 76.5 Å². The molecule has 4 atom stereocenters. The Morgan fingerprint density at radius 3 is 2.56 bits per heavy atom. The van der Waals surface area contributed by atoms with Crippen LogP contribution in [0.2, 0.25) is 0 Å². The normalized spacial score (nSPS) is 28.4. The van der Waals surface area contributed by atoms with Crippen LogP contribution >= 0.6 is 0 Å². The first-order valence-corrected chi connectivity index (χ1v) is 13.5. The summed E-state index contributed by atoms with van der Waals surface area (Å²) in [5, 5.41) is 11.0. The summed E-state index contributed by atoms with van der Waals surface area (Å²) in [4.78, 5) is 14.0. The maximum Gasteiger partial charge on any atom is 0.266 e. The average Bonchev–Trinajstić information content (AvgIpc) is 3.25. The second kappa shape index (κ2) is 11.7. The molecule has 3 aliphatic rings. The van der Waals surface area contributed by atoms with E-state index in [1.54, 1.807) is 12.1 Å². The fraction of sp³-hybridized carbons (Fsp3) is 0.533. The van der Waals surface area contributed by atoms with E-state index in [-0.39, 0.29) is 24.7 Å². The molecule has 9 nitrogen and oxygen atoms in total. The van der Waals surface area contributed by atoms with Crippen LogP contribution in [0.1, 0.15) is 48.9 Å². The van der Waals surface area contributed by atoms with Crippen molar-refractivity contribution in [3.05, 3.63) is 70.8 Å². The number of carbonyl (C=O) groups is 1. The smallest absolute Gasteiger partial charge is 0.266 e. The maximum atomic E-state index is 14.0. The number of nitrogens with zero attached hydrogens (tertiary/aromatic N) is 2. The quantitative estimate of drug-likeness (QED) is 0.549. The van der Waals surface area contributed by atoms with Gasteiger partial charge in [0, 0.05) is 25.9 Å². The third-order valence-electron chi connectivity index (χ3n) is 7.48. The van der Waals surface area contributed by atoms with Crippen LogP contribution in [-0.4, -0.2) is 66.9 Å². The van der Waals surface area contributed by atoms with Crippen LogP contribution < -0.4 is 5.43 Å². The van der Waals surface area contributed by atoms with Gasteiger partial charge in [-0.15, -0.1) is 0 Å². The topological polar surface area (TPSA) is 102 Å². The van der Waals surface area contributed by atoms with E-state index in [0.29, 0.717) is 51.3 Å². The summed E-state index contributed by atoms with van der Waals surface area (Å²) in [5.41, 5.74) is 5.54. The number of hydrogen-bond donors (Lipinski definition) is 1. The van der Waals surface area contributed by atoms with Crippen molar-refractivity contribution >= 4 is 5.91 Å². The molecule has 0 radical (unpaired) electrons. The summed E-state index contributed by atoms with van der Waals surface area (Å²) in [6.07, 6.45) is -0.516. The molecular formula is C30H37N3O6. The van der Waals surface area contributed by atoms with Crippen LogP contribution in [0, 0.1) is 18.3 Å². The zero-order chi connectivity index (χ0) is 27.5. The number of hydrazine groups is 1. The number of rotatable bonds is 8. The highest BCUT2D eigenvalue weighted by atomic mass is 16.8. The van der Waals surface area contributed by atoms with E-state index < -0.39 is 17.5 Å². The first-order valence-electron chi connectivity index (χ1n) is 13.5. The van der Waals surface area contributed by atoms with Crippen molar-refractivity contribution in [2.75, 3.05) is 26.3 Å². The van der Waals surface area contributed by atoms with E-state index in [9.17, 15) is 4.79 Å². The van der Waals surface area contributed by atoms with Crippen molar-refractivity contribution in [2.24, 2.45) is 0 Å². The molecule has 5 rings (SSSR count). The zero-order valence-electron chi connectivity index (χ0n) is 22.9. The monoisotopic (exact) mass is 535 g/mol. The van der Waals surface area contributed by atoms with E-state index in [2.05, 4.69) is 17.6 Å². The predicted molar refractivity (Wildman–Crippen MR) is 142 cm³/mol. The highest BCUT2D eigenvalue weighted by Gasteiger charge is 2.58. The number of benzene rings is 2. The third-order valence-corrected chi connectivity index (χ3v) is 7.48. The van der Waals surface area contributed by atoms with Gasteiger partial charge in [-0.3, -0.25) is 10.2 Å². The molecule has 1 saturated carbocycles. The standard InChI is InChI=1S/C30H37N3O6/c1-21-5-4-6-24(15-21)20-37-30(28(34)32-33-11-13-35-14-12-33)16-25(27-26(17-30)38-29(2,3)39-27)36-19-23-9-7-22(18-31)8-10-23/h4-10,15,25-27H,11-14,16-17,19-20H2,1-3H3,(H,32,34)/t25-,26+,27-,30+/m0/s1. The van der Waals surface area contributed by atoms with Crippen LogP contribution in [0.25, 0.3) is 0 Å². The van der Waals surface area contributed by atoms with Gasteiger partial charge in [0.05, 0.1) is 50.3 Å². The van der Waals surface area contributed by atoms with E-state index in [1.165, 1.54) is 0 Å². The van der Waals surface area contributed by atoms with Crippen LogP contribution in [0.4, 0.5) is 0 Å². The molecule has 2 saturated heterocycles. The Balaban J connectivity index is 1.40. The van der Waals surface area contributed by atoms with Crippen molar-refractivity contribution in [1.82, 2.24) is 10.4 Å². The highest BCUT2D eigenvalue weighted by Crippen LogP contribution is 2.44. The van der Waals surface area contributed by atoms with Gasteiger partial charge >= 0.3 is 0 Å². The molecule has 2 heterocycles. The Morgan fingerprint density at radius 2 is 1.85 bits per heavy atom. The molecule has 0 unspecified atom stereocenters. The Hall–Kier alpha value is -2.84. The Bertz CT molecular complexity index is 1190. The fourth-order valence-electron chi connectivity index (χ4n) is 5.53. The lowest BCUT2D eigenvalue weighted by atomic mass is 9.78. The lowest BCUT2D eigenvalue weighted by Gasteiger charge is -2.44. The third kappa shape index (κ3) is 6.67. The van der Waals surface area contributed by atoms with Crippen LogP contribution in [-0.2, 0) is 41.7 Å². The van der Waals surface area contributed by atoms with E-state index in [0.717, 1.165) is 16.7 Å². The zero-order valence-corrected chi connectivity index (χ0v) is 22.9. The largest absolute Gasteiger partial charge is 0.379 e. The number of fused-ring (bicyclic) bond motifs is 1. The van der Waals surface area contributed by atoms with Crippen LogP contribution in [0.5, 0.6) is 0 Å².